The molecule has 2 unspecified atom stereocenters. The van der Waals surface area contributed by atoms with Crippen molar-refractivity contribution in [3.05, 3.63) is 50.8 Å². The Morgan fingerprint density at radius 3 is 2.78 bits per heavy atom. The van der Waals surface area contributed by atoms with Gasteiger partial charge >= 0.3 is 5.69 Å². The molecule has 3 aromatic heterocycles. The van der Waals surface area contributed by atoms with E-state index in [0.29, 0.717) is 28.4 Å². The third kappa shape index (κ3) is 3.97. The molecule has 7 nitrogen and oxygen atoms in total. The second kappa shape index (κ2) is 9.05. The highest BCUT2D eigenvalue weighted by atomic mass is 35.5. The summed E-state index contributed by atoms with van der Waals surface area (Å²) in [5, 5.41) is 5.06. The standard InChI is InChI=1S/C29H37ClN6O/c1-16(2)23-24(17(3)9-11-31-23)36-27-21(26(34-28(36)37)35-15-18(4)32-14-19(35)5)12-22(30)25(33-27)29-10-7-6-8-20(29)13-29/h9,11-12,16,18-20,32H,6-8,10,13-15H2,1-5H3/t18-,19+,20?,29?/m1/s1. The number of hydrogen-bond acceptors (Lipinski definition) is 6. The zero-order valence-corrected chi connectivity index (χ0v) is 23.3. The molecule has 37 heavy (non-hydrogen) atoms. The van der Waals surface area contributed by atoms with E-state index in [1.165, 1.54) is 19.3 Å². The number of aryl methyl sites for hydroxylation is 1. The summed E-state index contributed by atoms with van der Waals surface area (Å²) < 4.78 is 1.71. The Morgan fingerprint density at radius 1 is 1.22 bits per heavy atom. The normalized spacial score (nSPS) is 27.5. The monoisotopic (exact) mass is 520 g/mol. The van der Waals surface area contributed by atoms with Gasteiger partial charge in [0, 0.05) is 36.8 Å². The summed E-state index contributed by atoms with van der Waals surface area (Å²) >= 11 is 7.06. The van der Waals surface area contributed by atoms with E-state index >= 15 is 0 Å². The van der Waals surface area contributed by atoms with Crippen LogP contribution in [0.3, 0.4) is 0 Å². The number of halogens is 1. The first-order valence-electron chi connectivity index (χ1n) is 13.8. The molecule has 196 valence electrons. The zero-order chi connectivity index (χ0) is 26.1. The summed E-state index contributed by atoms with van der Waals surface area (Å²) in [6.07, 6.45) is 7.80. The number of nitrogens with one attached hydrogen (secondary N) is 1. The van der Waals surface area contributed by atoms with Crippen molar-refractivity contribution in [3.8, 4) is 5.69 Å². The molecule has 4 atom stereocenters. The van der Waals surface area contributed by atoms with E-state index in [1.54, 1.807) is 4.57 Å². The van der Waals surface area contributed by atoms with E-state index in [1.807, 2.05) is 25.3 Å². The number of aromatic nitrogens is 4. The van der Waals surface area contributed by atoms with Crippen LogP contribution in [-0.4, -0.2) is 44.7 Å². The van der Waals surface area contributed by atoms with Crippen molar-refractivity contribution < 1.29 is 0 Å². The Morgan fingerprint density at radius 2 is 2.03 bits per heavy atom. The molecule has 3 aromatic rings. The van der Waals surface area contributed by atoms with Crippen molar-refractivity contribution in [2.75, 3.05) is 18.0 Å². The molecular formula is C29H37ClN6O. The molecule has 0 aromatic carbocycles. The smallest absolute Gasteiger partial charge is 0.350 e. The Hall–Kier alpha value is -2.51. The molecule has 0 radical (unpaired) electrons. The second-order valence-corrected chi connectivity index (χ2v) is 12.3. The third-order valence-corrected chi connectivity index (χ3v) is 9.18. The van der Waals surface area contributed by atoms with Crippen LogP contribution < -0.4 is 15.9 Å². The maximum atomic E-state index is 14.0. The Kier molecular flexibility index (Phi) is 6.07. The summed E-state index contributed by atoms with van der Waals surface area (Å²) in [6.45, 7) is 12.2. The summed E-state index contributed by atoms with van der Waals surface area (Å²) in [5.41, 5.74) is 4.01. The van der Waals surface area contributed by atoms with Gasteiger partial charge in [-0.25, -0.2) is 14.3 Å². The van der Waals surface area contributed by atoms with Gasteiger partial charge < -0.3 is 10.2 Å². The maximum absolute atomic E-state index is 14.0. The molecule has 2 aliphatic carbocycles. The molecule has 1 saturated heterocycles. The molecule has 3 aliphatic rings. The summed E-state index contributed by atoms with van der Waals surface area (Å²) in [6, 6.07) is 4.48. The molecule has 6 rings (SSSR count). The minimum Gasteiger partial charge on any atom is -0.350 e. The van der Waals surface area contributed by atoms with Crippen molar-refractivity contribution in [3.63, 3.8) is 0 Å². The Bertz CT molecular complexity index is 1430. The highest BCUT2D eigenvalue weighted by molar-refractivity contribution is 6.32. The van der Waals surface area contributed by atoms with Crippen LogP contribution in [0.15, 0.2) is 23.1 Å². The summed E-state index contributed by atoms with van der Waals surface area (Å²) in [4.78, 5) is 30.9. The Balaban J connectivity index is 1.66. The first-order valence-corrected chi connectivity index (χ1v) is 14.2. The van der Waals surface area contributed by atoms with Gasteiger partial charge in [0.1, 0.15) is 5.82 Å². The van der Waals surface area contributed by atoms with Gasteiger partial charge in [-0.3, -0.25) is 4.98 Å². The van der Waals surface area contributed by atoms with Crippen LogP contribution in [-0.2, 0) is 5.41 Å². The van der Waals surface area contributed by atoms with Gasteiger partial charge in [0.2, 0.25) is 0 Å². The van der Waals surface area contributed by atoms with E-state index in [4.69, 9.17) is 21.6 Å². The van der Waals surface area contributed by atoms with Crippen molar-refractivity contribution in [1.29, 1.82) is 0 Å². The van der Waals surface area contributed by atoms with Gasteiger partial charge in [0.25, 0.3) is 0 Å². The fourth-order valence-corrected chi connectivity index (χ4v) is 7.12. The lowest BCUT2D eigenvalue weighted by molar-refractivity contribution is 0.421. The molecule has 0 amide bonds. The minimum absolute atomic E-state index is 0.0511. The quantitative estimate of drug-likeness (QED) is 0.504. The SMILES string of the molecule is Cc1ccnc(C(C)C)c1-n1c(=O)nc(N2C[C@@H](C)NC[C@@H]2C)c2cc(Cl)c(C34CCCCC3C4)nc21. The van der Waals surface area contributed by atoms with Crippen LogP contribution >= 0.6 is 11.6 Å². The summed E-state index contributed by atoms with van der Waals surface area (Å²) in [5.74, 6) is 1.46. The lowest BCUT2D eigenvalue weighted by Crippen LogP contribution is -2.55. The van der Waals surface area contributed by atoms with Crippen molar-refractivity contribution in [1.82, 2.24) is 24.8 Å². The highest BCUT2D eigenvalue weighted by Crippen LogP contribution is 2.63. The number of hydrogen-bond donors (Lipinski definition) is 1. The molecule has 2 saturated carbocycles. The lowest BCUT2D eigenvalue weighted by atomic mass is 9.85. The largest absolute Gasteiger partial charge is 0.355 e. The van der Waals surface area contributed by atoms with Gasteiger partial charge in [-0.1, -0.05) is 38.3 Å². The van der Waals surface area contributed by atoms with E-state index in [0.717, 1.165) is 54.0 Å². The van der Waals surface area contributed by atoms with Gasteiger partial charge in [-0.2, -0.15) is 4.98 Å². The van der Waals surface area contributed by atoms with Crippen molar-refractivity contribution >= 4 is 28.5 Å². The van der Waals surface area contributed by atoms with Crippen LogP contribution in [0.1, 0.15) is 82.7 Å². The second-order valence-electron chi connectivity index (χ2n) is 11.9. The molecular weight excluding hydrogens is 484 g/mol. The number of pyridine rings is 2. The van der Waals surface area contributed by atoms with Crippen LogP contribution in [0.2, 0.25) is 5.02 Å². The van der Waals surface area contributed by atoms with Gasteiger partial charge in [0.15, 0.2) is 5.65 Å². The van der Waals surface area contributed by atoms with Gasteiger partial charge in [0.05, 0.1) is 27.5 Å². The molecule has 1 N–H and O–H groups in total. The number of rotatable bonds is 4. The maximum Gasteiger partial charge on any atom is 0.355 e. The summed E-state index contributed by atoms with van der Waals surface area (Å²) in [7, 11) is 0. The first kappa shape index (κ1) is 24.8. The molecule has 0 bridgehead atoms. The fraction of sp³-hybridized carbons (Fsp3) is 0.586. The minimum atomic E-state index is -0.312. The predicted octanol–water partition coefficient (Wildman–Crippen LogP) is 5.28. The first-order chi connectivity index (χ1) is 17.7. The predicted molar refractivity (Wildman–Crippen MR) is 149 cm³/mol. The van der Waals surface area contributed by atoms with Crippen molar-refractivity contribution in [2.45, 2.75) is 90.1 Å². The Labute approximate surface area is 223 Å². The third-order valence-electron chi connectivity index (χ3n) is 8.89. The average molecular weight is 521 g/mol. The van der Waals surface area contributed by atoms with Crippen LogP contribution in [0, 0.1) is 12.8 Å². The van der Waals surface area contributed by atoms with Crippen LogP contribution in [0.4, 0.5) is 5.82 Å². The van der Waals surface area contributed by atoms with Crippen LogP contribution in [0.5, 0.6) is 0 Å². The van der Waals surface area contributed by atoms with Crippen LogP contribution in [0.25, 0.3) is 16.7 Å². The highest BCUT2D eigenvalue weighted by Gasteiger charge is 2.57. The van der Waals surface area contributed by atoms with Gasteiger partial charge in [-0.15, -0.1) is 0 Å². The molecule has 4 heterocycles. The van der Waals surface area contributed by atoms with E-state index in [-0.39, 0.29) is 23.1 Å². The van der Waals surface area contributed by atoms with Gasteiger partial charge in [-0.05, 0) is 69.6 Å². The molecule has 3 fully saturated rings. The number of fused-ring (bicyclic) bond motifs is 2. The molecule has 1 aliphatic heterocycles. The number of piperazine rings is 1. The average Bonchev–Trinajstić information content (AvgIpc) is 3.61. The number of nitrogens with zero attached hydrogens (tertiary/aromatic N) is 5. The lowest BCUT2D eigenvalue weighted by Gasteiger charge is -2.39. The van der Waals surface area contributed by atoms with E-state index in [9.17, 15) is 4.79 Å². The fourth-order valence-electron chi connectivity index (χ4n) is 6.78. The zero-order valence-electron chi connectivity index (χ0n) is 22.5. The van der Waals surface area contributed by atoms with E-state index < -0.39 is 0 Å². The van der Waals surface area contributed by atoms with E-state index in [2.05, 4.69) is 42.9 Å². The molecule has 0 spiro atoms. The topological polar surface area (TPSA) is 75.9 Å². The number of anilines is 1. The van der Waals surface area contributed by atoms with Crippen molar-refractivity contribution in [2.24, 2.45) is 5.92 Å². The molecule has 8 heteroatoms.